The molecule has 2 aromatic rings. The van der Waals surface area contributed by atoms with Crippen LogP contribution in [0.2, 0.25) is 0 Å². The van der Waals surface area contributed by atoms with Crippen LogP contribution in [0.25, 0.3) is 0 Å². The number of benzene rings is 1. The molecule has 2 heterocycles. The average Bonchev–Trinajstić information content (AvgIpc) is 3.01. The molecule has 1 aromatic heterocycles. The van der Waals surface area contributed by atoms with Gasteiger partial charge in [-0.2, -0.15) is 4.98 Å². The van der Waals surface area contributed by atoms with Gasteiger partial charge in [0.05, 0.1) is 5.92 Å². The van der Waals surface area contributed by atoms with Gasteiger partial charge in [-0.1, -0.05) is 35.0 Å². The van der Waals surface area contributed by atoms with Crippen LogP contribution in [0.3, 0.4) is 0 Å². The Balaban J connectivity index is 1.70. The molecule has 0 radical (unpaired) electrons. The van der Waals surface area contributed by atoms with Crippen molar-refractivity contribution in [3.8, 4) is 0 Å². The van der Waals surface area contributed by atoms with Crippen LogP contribution in [0.5, 0.6) is 0 Å². The second-order valence-electron chi connectivity index (χ2n) is 6.19. The zero-order valence-corrected chi connectivity index (χ0v) is 13.5. The molecule has 6 nitrogen and oxygen atoms in total. The summed E-state index contributed by atoms with van der Waals surface area (Å²) in [4.78, 5) is 18.8. The molecule has 0 saturated carbocycles. The highest BCUT2D eigenvalue weighted by Crippen LogP contribution is 2.27. The minimum Gasteiger partial charge on any atom is -0.340 e. The van der Waals surface area contributed by atoms with Gasteiger partial charge in [-0.3, -0.25) is 4.79 Å². The highest BCUT2D eigenvalue weighted by molar-refractivity contribution is 5.83. The number of hydrogen-bond donors (Lipinski definition) is 1. The molecule has 1 aliphatic heterocycles. The van der Waals surface area contributed by atoms with Crippen molar-refractivity contribution in [1.29, 1.82) is 0 Å². The first-order valence-electron chi connectivity index (χ1n) is 7.95. The van der Waals surface area contributed by atoms with Gasteiger partial charge >= 0.3 is 0 Å². The first kappa shape index (κ1) is 15.7. The number of nitrogens with two attached hydrogens (primary N) is 1. The van der Waals surface area contributed by atoms with E-state index >= 15 is 0 Å². The number of likely N-dealkylation sites (tertiary alicyclic amines) is 1. The van der Waals surface area contributed by atoms with Crippen LogP contribution < -0.4 is 5.73 Å². The Labute approximate surface area is 135 Å². The van der Waals surface area contributed by atoms with Crippen LogP contribution in [0, 0.1) is 13.8 Å². The van der Waals surface area contributed by atoms with Crippen molar-refractivity contribution >= 4 is 5.91 Å². The highest BCUT2D eigenvalue weighted by atomic mass is 16.5. The predicted octanol–water partition coefficient (Wildman–Crippen LogP) is 2.09. The van der Waals surface area contributed by atoms with E-state index in [0.29, 0.717) is 18.3 Å². The second-order valence-corrected chi connectivity index (χ2v) is 6.19. The molecule has 1 amide bonds. The van der Waals surface area contributed by atoms with E-state index in [1.807, 2.05) is 36.1 Å². The van der Waals surface area contributed by atoms with Crippen LogP contribution in [-0.2, 0) is 4.79 Å². The van der Waals surface area contributed by atoms with Gasteiger partial charge in [-0.15, -0.1) is 0 Å². The molecule has 1 aliphatic rings. The van der Waals surface area contributed by atoms with E-state index in [-0.39, 0.29) is 11.8 Å². The Bertz CT molecular complexity index is 680. The Hall–Kier alpha value is -2.21. The minimum absolute atomic E-state index is 0.0465. The molecule has 1 aromatic carbocycles. The van der Waals surface area contributed by atoms with Crippen LogP contribution in [0.1, 0.15) is 47.6 Å². The summed E-state index contributed by atoms with van der Waals surface area (Å²) < 4.78 is 5.26. The quantitative estimate of drug-likeness (QED) is 0.937. The number of hydrogen-bond acceptors (Lipinski definition) is 5. The standard InChI is InChI=1S/C17H22N4O2/c1-11-5-7-13(8-6-11)15(18)17(22)21-9-3-4-14(10-21)16-19-12(2)20-23-16/h5-8,14-15H,3-4,9-10,18H2,1-2H3. The van der Waals surface area contributed by atoms with Gasteiger partial charge in [-0.25, -0.2) is 0 Å². The largest absolute Gasteiger partial charge is 0.340 e. The molecular weight excluding hydrogens is 292 g/mol. The maximum atomic E-state index is 12.7. The summed E-state index contributed by atoms with van der Waals surface area (Å²) in [5.74, 6) is 1.29. The highest BCUT2D eigenvalue weighted by Gasteiger charge is 2.30. The van der Waals surface area contributed by atoms with Crippen LogP contribution in [-0.4, -0.2) is 34.0 Å². The van der Waals surface area contributed by atoms with Crippen LogP contribution in [0.15, 0.2) is 28.8 Å². The zero-order valence-electron chi connectivity index (χ0n) is 13.5. The number of carbonyl (C=O) groups is 1. The first-order valence-corrected chi connectivity index (χ1v) is 7.95. The zero-order chi connectivity index (χ0) is 16.4. The van der Waals surface area contributed by atoms with Gasteiger partial charge < -0.3 is 15.2 Å². The fraction of sp³-hybridized carbons (Fsp3) is 0.471. The SMILES string of the molecule is Cc1ccc(C(N)C(=O)N2CCCC(c3nc(C)no3)C2)cc1. The lowest BCUT2D eigenvalue weighted by molar-refractivity contribution is -0.134. The minimum atomic E-state index is -0.626. The molecule has 1 saturated heterocycles. The van der Waals surface area contributed by atoms with Gasteiger partial charge in [0, 0.05) is 13.1 Å². The second kappa shape index (κ2) is 6.50. The van der Waals surface area contributed by atoms with Gasteiger partial charge in [0.15, 0.2) is 5.82 Å². The van der Waals surface area contributed by atoms with E-state index in [0.717, 1.165) is 30.5 Å². The summed E-state index contributed by atoms with van der Waals surface area (Å²) in [5, 5.41) is 3.84. The molecule has 0 aliphatic carbocycles. The van der Waals surface area contributed by atoms with Crippen molar-refractivity contribution in [3.63, 3.8) is 0 Å². The summed E-state index contributed by atoms with van der Waals surface area (Å²) in [7, 11) is 0. The Morgan fingerprint density at radius 3 is 2.74 bits per heavy atom. The summed E-state index contributed by atoms with van der Waals surface area (Å²) >= 11 is 0. The number of rotatable bonds is 3. The predicted molar refractivity (Wildman–Crippen MR) is 85.7 cm³/mol. The van der Waals surface area contributed by atoms with Gasteiger partial charge in [0.1, 0.15) is 6.04 Å². The molecule has 3 rings (SSSR count). The maximum absolute atomic E-state index is 12.7. The van der Waals surface area contributed by atoms with Crippen molar-refractivity contribution < 1.29 is 9.32 Å². The van der Waals surface area contributed by atoms with E-state index in [4.69, 9.17) is 10.3 Å². The number of aromatic nitrogens is 2. The summed E-state index contributed by atoms with van der Waals surface area (Å²) in [6.07, 6.45) is 1.86. The lowest BCUT2D eigenvalue weighted by atomic mass is 9.96. The van der Waals surface area contributed by atoms with E-state index < -0.39 is 6.04 Å². The molecule has 2 N–H and O–H groups in total. The Morgan fingerprint density at radius 1 is 1.35 bits per heavy atom. The van der Waals surface area contributed by atoms with E-state index in [2.05, 4.69) is 10.1 Å². The third-order valence-corrected chi connectivity index (χ3v) is 4.33. The van der Waals surface area contributed by atoms with E-state index in [9.17, 15) is 4.79 Å². The normalized spacial score (nSPS) is 19.6. The van der Waals surface area contributed by atoms with Crippen molar-refractivity contribution in [3.05, 3.63) is 47.1 Å². The van der Waals surface area contributed by atoms with Crippen LogP contribution >= 0.6 is 0 Å². The topological polar surface area (TPSA) is 85.3 Å². The van der Waals surface area contributed by atoms with Crippen LogP contribution in [0.4, 0.5) is 0 Å². The van der Waals surface area contributed by atoms with Crippen molar-refractivity contribution in [2.75, 3.05) is 13.1 Å². The fourth-order valence-electron chi connectivity index (χ4n) is 2.97. The average molecular weight is 314 g/mol. The van der Waals surface area contributed by atoms with Crippen molar-refractivity contribution in [2.45, 2.75) is 38.6 Å². The lowest BCUT2D eigenvalue weighted by Crippen LogP contribution is -2.43. The number of amides is 1. The fourth-order valence-corrected chi connectivity index (χ4v) is 2.97. The lowest BCUT2D eigenvalue weighted by Gasteiger charge is -2.32. The molecule has 23 heavy (non-hydrogen) atoms. The molecule has 2 unspecified atom stereocenters. The number of aryl methyl sites for hydroxylation is 2. The van der Waals surface area contributed by atoms with E-state index in [1.54, 1.807) is 6.92 Å². The maximum Gasteiger partial charge on any atom is 0.244 e. The van der Waals surface area contributed by atoms with Crippen molar-refractivity contribution in [2.24, 2.45) is 5.73 Å². The van der Waals surface area contributed by atoms with E-state index in [1.165, 1.54) is 0 Å². The third kappa shape index (κ3) is 3.42. The Morgan fingerprint density at radius 2 is 2.09 bits per heavy atom. The summed E-state index contributed by atoms with van der Waals surface area (Å²) in [6, 6.07) is 7.16. The third-order valence-electron chi connectivity index (χ3n) is 4.33. The smallest absolute Gasteiger partial charge is 0.244 e. The molecule has 2 atom stereocenters. The monoisotopic (exact) mass is 314 g/mol. The number of nitrogens with zero attached hydrogens (tertiary/aromatic N) is 3. The van der Waals surface area contributed by atoms with Gasteiger partial charge in [0.2, 0.25) is 11.8 Å². The molecular formula is C17H22N4O2. The summed E-state index contributed by atoms with van der Waals surface area (Å²) in [6.45, 7) is 5.12. The molecule has 0 spiro atoms. The molecule has 0 bridgehead atoms. The molecule has 1 fully saturated rings. The van der Waals surface area contributed by atoms with Gasteiger partial charge in [-0.05, 0) is 32.3 Å². The Kier molecular flexibility index (Phi) is 4.43. The van der Waals surface area contributed by atoms with Gasteiger partial charge in [0.25, 0.3) is 0 Å². The number of piperidine rings is 1. The van der Waals surface area contributed by atoms with Crippen molar-refractivity contribution in [1.82, 2.24) is 15.0 Å². The number of carbonyl (C=O) groups excluding carboxylic acids is 1. The molecule has 6 heteroatoms. The summed E-state index contributed by atoms with van der Waals surface area (Å²) in [5.41, 5.74) is 8.16. The molecule has 122 valence electrons. The first-order chi connectivity index (χ1) is 11.0.